The number of hydrogen-bond donors (Lipinski definition) is 2. The molecular weight excluding hydrogens is 403 g/mol. The van der Waals surface area contributed by atoms with Crippen molar-refractivity contribution in [1.29, 1.82) is 0 Å². The number of nitrogens with zero attached hydrogens (tertiary/aromatic N) is 4. The Morgan fingerprint density at radius 1 is 1.35 bits per heavy atom. The monoisotopic (exact) mass is 428 g/mol. The first-order valence-electron chi connectivity index (χ1n) is 7.48. The van der Waals surface area contributed by atoms with Gasteiger partial charge in [0.05, 0.1) is 12.2 Å². The molecule has 0 aliphatic rings. The second-order valence-corrected chi connectivity index (χ2v) is 5.84. The molecule has 6 nitrogen and oxygen atoms in total. The van der Waals surface area contributed by atoms with Gasteiger partial charge in [0.2, 0.25) is 0 Å². The van der Waals surface area contributed by atoms with Gasteiger partial charge in [-0.25, -0.2) is 14.7 Å². The molecule has 23 heavy (non-hydrogen) atoms. The van der Waals surface area contributed by atoms with Crippen molar-refractivity contribution in [3.05, 3.63) is 41.3 Å². The van der Waals surface area contributed by atoms with Crippen molar-refractivity contribution in [3.8, 4) is 5.82 Å². The minimum absolute atomic E-state index is 0. The number of aryl methyl sites for hydroxylation is 2. The summed E-state index contributed by atoms with van der Waals surface area (Å²) in [4.78, 5) is 8.76. The molecule has 2 rings (SSSR count). The molecule has 0 spiro atoms. The second kappa shape index (κ2) is 8.85. The quantitative estimate of drug-likeness (QED) is 0.436. The molecule has 0 saturated heterocycles. The first-order valence-corrected chi connectivity index (χ1v) is 7.48. The van der Waals surface area contributed by atoms with E-state index < -0.39 is 0 Å². The topological polar surface area (TPSA) is 81.1 Å². The zero-order chi connectivity index (χ0) is 16.1. The third-order valence-corrected chi connectivity index (χ3v) is 3.16. The van der Waals surface area contributed by atoms with Crippen LogP contribution in [0.1, 0.15) is 30.8 Å². The van der Waals surface area contributed by atoms with Crippen LogP contribution in [0.2, 0.25) is 0 Å². The number of halogens is 1. The zero-order valence-electron chi connectivity index (χ0n) is 14.1. The third kappa shape index (κ3) is 5.81. The van der Waals surface area contributed by atoms with E-state index in [0.717, 1.165) is 29.3 Å². The van der Waals surface area contributed by atoms with Crippen LogP contribution >= 0.6 is 24.0 Å². The van der Waals surface area contributed by atoms with Crippen molar-refractivity contribution in [1.82, 2.24) is 20.1 Å². The third-order valence-electron chi connectivity index (χ3n) is 3.16. The smallest absolute Gasteiger partial charge is 0.188 e. The fraction of sp³-hybridized carbons (Fsp3) is 0.438. The molecule has 0 saturated carbocycles. The lowest BCUT2D eigenvalue weighted by Crippen LogP contribution is -2.34. The van der Waals surface area contributed by atoms with Crippen molar-refractivity contribution in [2.24, 2.45) is 16.6 Å². The summed E-state index contributed by atoms with van der Waals surface area (Å²) in [5.41, 5.74) is 8.88. The van der Waals surface area contributed by atoms with E-state index in [4.69, 9.17) is 5.73 Å². The highest BCUT2D eigenvalue weighted by molar-refractivity contribution is 14.0. The number of guanidine groups is 1. The first kappa shape index (κ1) is 19.4. The van der Waals surface area contributed by atoms with Crippen LogP contribution in [-0.4, -0.2) is 27.3 Å². The number of pyridine rings is 1. The average Bonchev–Trinajstić information content (AvgIpc) is 2.82. The van der Waals surface area contributed by atoms with Gasteiger partial charge in [-0.3, -0.25) is 0 Å². The van der Waals surface area contributed by atoms with Crippen LogP contribution in [0, 0.1) is 19.8 Å². The maximum absolute atomic E-state index is 5.82. The maximum Gasteiger partial charge on any atom is 0.188 e. The van der Waals surface area contributed by atoms with E-state index in [1.54, 1.807) is 0 Å². The minimum Gasteiger partial charge on any atom is -0.370 e. The standard InChI is InChI=1S/C16H24N6.HI/c1-11(2)8-19-16(17)20-10-14-5-6-15(18-9-14)22-13(4)7-12(3)21-22;/h5-7,9,11H,8,10H2,1-4H3,(H3,17,19,20);1H. The average molecular weight is 428 g/mol. The van der Waals surface area contributed by atoms with Crippen LogP contribution in [0.5, 0.6) is 0 Å². The lowest BCUT2D eigenvalue weighted by Gasteiger charge is -2.08. The van der Waals surface area contributed by atoms with Gasteiger partial charge in [-0.1, -0.05) is 19.9 Å². The molecule has 0 aliphatic carbocycles. The van der Waals surface area contributed by atoms with Gasteiger partial charge < -0.3 is 11.1 Å². The van der Waals surface area contributed by atoms with E-state index in [0.29, 0.717) is 18.4 Å². The van der Waals surface area contributed by atoms with E-state index >= 15 is 0 Å². The second-order valence-electron chi connectivity index (χ2n) is 5.84. The van der Waals surface area contributed by atoms with Gasteiger partial charge in [-0.15, -0.1) is 24.0 Å². The fourth-order valence-electron chi connectivity index (χ4n) is 2.04. The molecule has 2 aromatic rings. The highest BCUT2D eigenvalue weighted by Crippen LogP contribution is 2.10. The number of aromatic nitrogens is 3. The van der Waals surface area contributed by atoms with Gasteiger partial charge in [0, 0.05) is 18.4 Å². The summed E-state index contributed by atoms with van der Waals surface area (Å²) in [7, 11) is 0. The Balaban J connectivity index is 0.00000264. The Kier molecular flexibility index (Phi) is 7.47. The lowest BCUT2D eigenvalue weighted by molar-refractivity contribution is 0.622. The molecule has 0 aliphatic heterocycles. The van der Waals surface area contributed by atoms with E-state index in [1.807, 2.05) is 42.9 Å². The summed E-state index contributed by atoms with van der Waals surface area (Å²) in [6, 6.07) is 5.97. The molecular formula is C16H25IN6. The molecule has 0 bridgehead atoms. The SMILES string of the molecule is Cc1cc(C)n(-c2ccc(CN=C(N)NCC(C)C)cn2)n1.I. The van der Waals surface area contributed by atoms with Crippen LogP contribution < -0.4 is 11.1 Å². The normalized spacial score (nSPS) is 11.4. The van der Waals surface area contributed by atoms with Crippen LogP contribution in [0.15, 0.2) is 29.4 Å². The Morgan fingerprint density at radius 2 is 2.09 bits per heavy atom. The number of nitrogens with two attached hydrogens (primary N) is 1. The number of nitrogens with one attached hydrogen (secondary N) is 1. The lowest BCUT2D eigenvalue weighted by atomic mass is 10.2. The van der Waals surface area contributed by atoms with Crippen LogP contribution in [0.3, 0.4) is 0 Å². The largest absolute Gasteiger partial charge is 0.370 e. The summed E-state index contributed by atoms with van der Waals surface area (Å²) in [5, 5.41) is 7.51. The fourth-order valence-corrected chi connectivity index (χ4v) is 2.04. The van der Waals surface area contributed by atoms with Gasteiger partial charge in [0.15, 0.2) is 11.8 Å². The molecule has 3 N–H and O–H groups in total. The molecule has 7 heteroatoms. The van der Waals surface area contributed by atoms with Gasteiger partial charge in [-0.05, 0) is 37.5 Å². The first-order chi connectivity index (χ1) is 10.5. The van der Waals surface area contributed by atoms with Crippen LogP contribution in [0.4, 0.5) is 0 Å². The van der Waals surface area contributed by atoms with Gasteiger partial charge in [-0.2, -0.15) is 5.10 Å². The van der Waals surface area contributed by atoms with Gasteiger partial charge in [0.25, 0.3) is 0 Å². The van der Waals surface area contributed by atoms with Crippen molar-refractivity contribution in [3.63, 3.8) is 0 Å². The zero-order valence-corrected chi connectivity index (χ0v) is 16.4. The number of hydrogen-bond acceptors (Lipinski definition) is 3. The summed E-state index contributed by atoms with van der Waals surface area (Å²) in [6.45, 7) is 9.58. The Hall–Kier alpha value is -1.64. The molecule has 2 aromatic heterocycles. The Bertz CT molecular complexity index is 645. The van der Waals surface area contributed by atoms with E-state index in [1.165, 1.54) is 0 Å². The molecule has 0 unspecified atom stereocenters. The van der Waals surface area contributed by atoms with Crippen LogP contribution in [-0.2, 0) is 6.54 Å². The molecule has 2 heterocycles. The van der Waals surface area contributed by atoms with Crippen LogP contribution in [0.25, 0.3) is 5.82 Å². The summed E-state index contributed by atoms with van der Waals surface area (Å²) >= 11 is 0. The van der Waals surface area contributed by atoms with E-state index in [9.17, 15) is 0 Å². The van der Waals surface area contributed by atoms with Gasteiger partial charge in [0.1, 0.15) is 0 Å². The highest BCUT2D eigenvalue weighted by Gasteiger charge is 2.04. The van der Waals surface area contributed by atoms with Crippen molar-refractivity contribution in [2.75, 3.05) is 6.54 Å². The highest BCUT2D eigenvalue weighted by atomic mass is 127. The van der Waals surface area contributed by atoms with Crippen molar-refractivity contribution >= 4 is 29.9 Å². The Labute approximate surface area is 154 Å². The molecule has 0 amide bonds. The van der Waals surface area contributed by atoms with E-state index in [2.05, 4.69) is 34.2 Å². The summed E-state index contributed by atoms with van der Waals surface area (Å²) in [6.07, 6.45) is 1.81. The maximum atomic E-state index is 5.82. The molecule has 0 aromatic carbocycles. The Morgan fingerprint density at radius 3 is 2.61 bits per heavy atom. The minimum atomic E-state index is 0. The van der Waals surface area contributed by atoms with Crippen molar-refractivity contribution < 1.29 is 0 Å². The van der Waals surface area contributed by atoms with Gasteiger partial charge >= 0.3 is 0 Å². The number of aliphatic imine (C=N–C) groups is 1. The van der Waals surface area contributed by atoms with Crippen molar-refractivity contribution in [2.45, 2.75) is 34.2 Å². The molecule has 0 fully saturated rings. The number of rotatable bonds is 5. The predicted octanol–water partition coefficient (Wildman–Crippen LogP) is 2.56. The summed E-state index contributed by atoms with van der Waals surface area (Å²) < 4.78 is 1.83. The summed E-state index contributed by atoms with van der Waals surface area (Å²) in [5.74, 6) is 1.82. The van der Waals surface area contributed by atoms with E-state index in [-0.39, 0.29) is 24.0 Å². The molecule has 126 valence electrons. The predicted molar refractivity (Wildman–Crippen MR) is 104 cm³/mol. The molecule has 0 radical (unpaired) electrons. The molecule has 0 atom stereocenters.